The van der Waals surface area contributed by atoms with Crippen LogP contribution in [0.5, 0.6) is 0 Å². The molecule has 6 heteroatoms. The van der Waals surface area contributed by atoms with E-state index in [2.05, 4.69) is 27.5 Å². The lowest BCUT2D eigenvalue weighted by Crippen LogP contribution is -2.22. The summed E-state index contributed by atoms with van der Waals surface area (Å²) in [7, 11) is 0. The van der Waals surface area contributed by atoms with E-state index in [0.717, 1.165) is 43.4 Å². The number of hydrogen-bond acceptors (Lipinski definition) is 5. The third-order valence-electron chi connectivity index (χ3n) is 3.76. The first kappa shape index (κ1) is 14.1. The molecule has 2 aromatic rings. The number of fused-ring (bicyclic) bond motifs is 1. The highest BCUT2D eigenvalue weighted by atomic mass is 16.5. The molecule has 1 aliphatic heterocycles. The average Bonchev–Trinajstić information content (AvgIpc) is 2.97. The minimum Gasteiger partial charge on any atom is -0.378 e. The number of imidazole rings is 1. The Morgan fingerprint density at radius 1 is 1.38 bits per heavy atom. The van der Waals surface area contributed by atoms with Crippen molar-refractivity contribution in [3.63, 3.8) is 0 Å². The van der Waals surface area contributed by atoms with Crippen LogP contribution in [0.2, 0.25) is 0 Å². The molecule has 0 saturated carbocycles. The Hall–Kier alpha value is -1.82. The fourth-order valence-electron chi connectivity index (χ4n) is 2.70. The molecule has 0 bridgehead atoms. The fourth-order valence-corrected chi connectivity index (χ4v) is 2.70. The molecule has 3 rings (SSSR count). The van der Waals surface area contributed by atoms with Gasteiger partial charge in [-0.3, -0.25) is 0 Å². The number of rotatable bonds is 6. The van der Waals surface area contributed by atoms with Crippen molar-refractivity contribution in [2.75, 3.05) is 30.3 Å². The fraction of sp³-hybridized carbons (Fsp3) is 0.600. The summed E-state index contributed by atoms with van der Waals surface area (Å²) >= 11 is 0. The Morgan fingerprint density at radius 2 is 2.33 bits per heavy atom. The molecular formula is C15H23N5O. The van der Waals surface area contributed by atoms with Crippen LogP contribution in [0.1, 0.15) is 32.6 Å². The number of nitrogens with zero attached hydrogens (tertiary/aromatic N) is 3. The molecule has 0 aromatic carbocycles. The summed E-state index contributed by atoms with van der Waals surface area (Å²) < 4.78 is 7.75. The Labute approximate surface area is 124 Å². The topological polar surface area (TPSA) is 63.5 Å². The molecule has 21 heavy (non-hydrogen) atoms. The van der Waals surface area contributed by atoms with Gasteiger partial charge >= 0.3 is 0 Å². The number of ether oxygens (including phenoxy) is 1. The van der Waals surface area contributed by atoms with Gasteiger partial charge in [0.05, 0.1) is 12.3 Å². The second kappa shape index (κ2) is 6.76. The molecule has 1 fully saturated rings. The molecule has 6 nitrogen and oxygen atoms in total. The SMILES string of the molecule is CCNc1cn2ccnc2c(NCCC2CCCCO2)n1. The van der Waals surface area contributed by atoms with Crippen LogP contribution in [0.4, 0.5) is 11.6 Å². The summed E-state index contributed by atoms with van der Waals surface area (Å²) in [5, 5.41) is 6.65. The molecule has 1 saturated heterocycles. The van der Waals surface area contributed by atoms with Crippen molar-refractivity contribution in [3.05, 3.63) is 18.6 Å². The van der Waals surface area contributed by atoms with Crippen molar-refractivity contribution in [1.29, 1.82) is 0 Å². The highest BCUT2D eigenvalue weighted by molar-refractivity contribution is 5.65. The Bertz CT molecular complexity index is 576. The van der Waals surface area contributed by atoms with Gasteiger partial charge in [0, 0.05) is 32.1 Å². The van der Waals surface area contributed by atoms with Gasteiger partial charge in [-0.05, 0) is 32.6 Å². The first-order valence-corrected chi connectivity index (χ1v) is 7.80. The van der Waals surface area contributed by atoms with Gasteiger partial charge in [-0.15, -0.1) is 0 Å². The molecule has 1 aliphatic rings. The predicted octanol–water partition coefficient (Wildman–Crippen LogP) is 2.53. The quantitative estimate of drug-likeness (QED) is 0.855. The van der Waals surface area contributed by atoms with Crippen LogP contribution >= 0.6 is 0 Å². The van der Waals surface area contributed by atoms with Crippen molar-refractivity contribution in [3.8, 4) is 0 Å². The van der Waals surface area contributed by atoms with Crippen LogP contribution in [-0.2, 0) is 4.74 Å². The van der Waals surface area contributed by atoms with Gasteiger partial charge in [0.1, 0.15) is 5.82 Å². The Kier molecular flexibility index (Phi) is 4.55. The van der Waals surface area contributed by atoms with E-state index < -0.39 is 0 Å². The molecule has 1 atom stereocenters. The standard InChI is InChI=1S/C15H23N5O/c1-2-16-13-11-20-9-8-18-15(20)14(19-13)17-7-6-12-5-3-4-10-21-12/h8-9,11-12,16H,2-7,10H2,1H3,(H,17,19). The van der Waals surface area contributed by atoms with Crippen LogP contribution in [0.15, 0.2) is 18.6 Å². The highest BCUT2D eigenvalue weighted by Crippen LogP contribution is 2.18. The third kappa shape index (κ3) is 3.44. The van der Waals surface area contributed by atoms with Crippen molar-refractivity contribution < 1.29 is 4.74 Å². The third-order valence-corrected chi connectivity index (χ3v) is 3.76. The van der Waals surface area contributed by atoms with E-state index >= 15 is 0 Å². The van der Waals surface area contributed by atoms with Crippen LogP contribution in [-0.4, -0.2) is 40.2 Å². The number of aromatic nitrogens is 3. The number of hydrogen-bond donors (Lipinski definition) is 2. The molecule has 1 unspecified atom stereocenters. The molecule has 2 N–H and O–H groups in total. The summed E-state index contributed by atoms with van der Waals surface area (Å²) in [5.74, 6) is 1.69. The average molecular weight is 289 g/mol. The molecular weight excluding hydrogens is 266 g/mol. The number of anilines is 2. The van der Waals surface area contributed by atoms with Gasteiger partial charge in [-0.1, -0.05) is 0 Å². The second-order valence-corrected chi connectivity index (χ2v) is 5.37. The molecule has 2 aromatic heterocycles. The molecule has 0 amide bonds. The lowest BCUT2D eigenvalue weighted by molar-refractivity contribution is 0.0134. The summed E-state index contributed by atoms with van der Waals surface area (Å²) in [4.78, 5) is 8.96. The maximum atomic E-state index is 5.76. The van der Waals surface area contributed by atoms with E-state index in [4.69, 9.17) is 4.74 Å². The molecule has 3 heterocycles. The first-order chi connectivity index (χ1) is 10.4. The predicted molar refractivity (Wildman–Crippen MR) is 83.8 cm³/mol. The molecule has 0 radical (unpaired) electrons. The van der Waals surface area contributed by atoms with Gasteiger partial charge < -0.3 is 19.8 Å². The Balaban J connectivity index is 1.65. The van der Waals surface area contributed by atoms with Gasteiger partial charge in [-0.2, -0.15) is 0 Å². The van der Waals surface area contributed by atoms with E-state index in [9.17, 15) is 0 Å². The second-order valence-electron chi connectivity index (χ2n) is 5.37. The van der Waals surface area contributed by atoms with Crippen molar-refractivity contribution in [1.82, 2.24) is 14.4 Å². The molecule has 0 aliphatic carbocycles. The van der Waals surface area contributed by atoms with Gasteiger partial charge in [0.2, 0.25) is 0 Å². The van der Waals surface area contributed by atoms with Gasteiger partial charge in [0.15, 0.2) is 11.5 Å². The van der Waals surface area contributed by atoms with Crippen molar-refractivity contribution in [2.24, 2.45) is 0 Å². The van der Waals surface area contributed by atoms with Gasteiger partial charge in [0.25, 0.3) is 0 Å². The van der Waals surface area contributed by atoms with Crippen LogP contribution in [0.25, 0.3) is 5.65 Å². The minimum atomic E-state index is 0.388. The first-order valence-electron chi connectivity index (χ1n) is 7.80. The largest absolute Gasteiger partial charge is 0.378 e. The Morgan fingerprint density at radius 3 is 3.14 bits per heavy atom. The highest BCUT2D eigenvalue weighted by Gasteiger charge is 2.14. The smallest absolute Gasteiger partial charge is 0.180 e. The summed E-state index contributed by atoms with van der Waals surface area (Å²) in [6.07, 6.45) is 10.7. The van der Waals surface area contributed by atoms with E-state index in [-0.39, 0.29) is 0 Å². The van der Waals surface area contributed by atoms with Crippen molar-refractivity contribution in [2.45, 2.75) is 38.7 Å². The normalized spacial score (nSPS) is 18.8. The van der Waals surface area contributed by atoms with E-state index in [1.165, 1.54) is 19.3 Å². The van der Waals surface area contributed by atoms with Gasteiger partial charge in [-0.25, -0.2) is 9.97 Å². The number of nitrogens with one attached hydrogen (secondary N) is 2. The van der Waals surface area contributed by atoms with Crippen LogP contribution in [0.3, 0.4) is 0 Å². The van der Waals surface area contributed by atoms with Crippen LogP contribution in [0, 0.1) is 0 Å². The summed E-state index contributed by atoms with van der Waals surface area (Å²) in [5.41, 5.74) is 0.862. The van der Waals surface area contributed by atoms with E-state index in [0.29, 0.717) is 6.10 Å². The van der Waals surface area contributed by atoms with E-state index in [1.54, 1.807) is 6.20 Å². The summed E-state index contributed by atoms with van der Waals surface area (Å²) in [6, 6.07) is 0. The zero-order chi connectivity index (χ0) is 14.5. The maximum absolute atomic E-state index is 5.76. The lowest BCUT2D eigenvalue weighted by Gasteiger charge is -2.22. The zero-order valence-corrected chi connectivity index (χ0v) is 12.5. The summed E-state index contributed by atoms with van der Waals surface area (Å²) in [6.45, 7) is 4.68. The lowest BCUT2D eigenvalue weighted by atomic mass is 10.1. The van der Waals surface area contributed by atoms with Crippen LogP contribution < -0.4 is 10.6 Å². The van der Waals surface area contributed by atoms with E-state index in [1.807, 2.05) is 16.8 Å². The monoisotopic (exact) mass is 289 g/mol. The minimum absolute atomic E-state index is 0.388. The molecule has 0 spiro atoms. The zero-order valence-electron chi connectivity index (χ0n) is 12.5. The maximum Gasteiger partial charge on any atom is 0.180 e. The van der Waals surface area contributed by atoms with Crippen molar-refractivity contribution >= 4 is 17.3 Å². The molecule has 114 valence electrons.